The third kappa shape index (κ3) is 4.71. The molecule has 0 saturated heterocycles. The molecule has 0 bridgehead atoms. The highest BCUT2D eigenvalue weighted by Crippen LogP contribution is 2.40. The predicted octanol–water partition coefficient (Wildman–Crippen LogP) is 5.43. The number of para-hydroxylation sites is 1. The first kappa shape index (κ1) is 24.6. The first-order valence-corrected chi connectivity index (χ1v) is 12.1. The number of aromatic nitrogens is 7. The molecule has 0 amide bonds. The summed E-state index contributed by atoms with van der Waals surface area (Å²) in [5, 5.41) is 15.6. The highest BCUT2D eigenvalue weighted by Gasteiger charge is 2.35. The third-order valence-corrected chi connectivity index (χ3v) is 6.52. The molecule has 0 aliphatic carbocycles. The monoisotopic (exact) mass is 538 g/mol. The third-order valence-electron chi connectivity index (χ3n) is 6.52. The summed E-state index contributed by atoms with van der Waals surface area (Å²) in [5.41, 5.74) is 0.128. The lowest BCUT2D eigenvalue weighted by molar-refractivity contribution is -0.137. The van der Waals surface area contributed by atoms with E-state index in [1.54, 1.807) is 48.4 Å². The molecule has 0 atom stereocenters. The van der Waals surface area contributed by atoms with Crippen molar-refractivity contribution in [2.45, 2.75) is 32.3 Å². The molecule has 200 valence electrons. The summed E-state index contributed by atoms with van der Waals surface area (Å²) in [7, 11) is 1.71. The Labute approximate surface area is 219 Å². The number of pyridine rings is 1. The van der Waals surface area contributed by atoms with E-state index in [1.165, 1.54) is 18.2 Å². The Kier molecular flexibility index (Phi) is 6.04. The zero-order chi connectivity index (χ0) is 27.1. The molecule has 0 saturated carbocycles. The van der Waals surface area contributed by atoms with Gasteiger partial charge in [-0.2, -0.15) is 18.3 Å². The zero-order valence-electron chi connectivity index (χ0n) is 20.7. The maximum Gasteiger partial charge on any atom is 0.418 e. The van der Waals surface area contributed by atoms with Gasteiger partial charge in [-0.1, -0.05) is 12.1 Å². The van der Waals surface area contributed by atoms with E-state index in [4.69, 9.17) is 4.74 Å². The molecular weight excluding hydrogens is 516 g/mol. The van der Waals surface area contributed by atoms with Gasteiger partial charge in [-0.3, -0.25) is 4.68 Å². The normalized spacial score (nSPS) is 13.1. The molecule has 13 heteroatoms. The van der Waals surface area contributed by atoms with Crippen molar-refractivity contribution in [3.05, 3.63) is 78.3 Å². The van der Waals surface area contributed by atoms with Gasteiger partial charge in [0.1, 0.15) is 18.2 Å². The summed E-state index contributed by atoms with van der Waals surface area (Å²) in [6, 6.07) is 10.8. The van der Waals surface area contributed by atoms with E-state index < -0.39 is 17.6 Å². The number of nitrogens with zero attached hydrogens (tertiary/aromatic N) is 7. The van der Waals surface area contributed by atoms with Crippen LogP contribution in [0.2, 0.25) is 0 Å². The summed E-state index contributed by atoms with van der Waals surface area (Å²) in [5.74, 6) is 1.44. The highest BCUT2D eigenvalue weighted by atomic mass is 19.4. The number of halogens is 4. The van der Waals surface area contributed by atoms with E-state index in [9.17, 15) is 17.6 Å². The van der Waals surface area contributed by atoms with Crippen LogP contribution in [0.4, 0.5) is 29.2 Å². The Morgan fingerprint density at radius 1 is 1.08 bits per heavy atom. The lowest BCUT2D eigenvalue weighted by Gasteiger charge is -2.14. The maximum absolute atomic E-state index is 14.0. The van der Waals surface area contributed by atoms with Crippen molar-refractivity contribution in [3.8, 4) is 28.4 Å². The molecule has 0 spiro atoms. The van der Waals surface area contributed by atoms with Gasteiger partial charge in [-0.05, 0) is 30.7 Å². The molecule has 39 heavy (non-hydrogen) atoms. The van der Waals surface area contributed by atoms with Gasteiger partial charge < -0.3 is 19.2 Å². The second-order valence-corrected chi connectivity index (χ2v) is 9.05. The van der Waals surface area contributed by atoms with Gasteiger partial charge >= 0.3 is 6.18 Å². The molecule has 9 nitrogen and oxygen atoms in total. The fraction of sp³-hybridized carbons (Fsp3) is 0.231. The fourth-order valence-corrected chi connectivity index (χ4v) is 4.62. The van der Waals surface area contributed by atoms with E-state index in [0.717, 1.165) is 6.20 Å². The van der Waals surface area contributed by atoms with Crippen molar-refractivity contribution >= 4 is 11.6 Å². The number of nitrogens with one attached hydrogen (secondary N) is 1. The number of anilines is 2. The molecule has 1 aromatic carbocycles. The minimum atomic E-state index is -4.61. The average Bonchev–Trinajstić information content (AvgIpc) is 3.59. The number of aryl methyl sites for hydroxylation is 2. The standard InChI is InChI=1S/C26H22F4N8O/c1-36-23(7-8-32-36)33-22-12-17(18(13-31-22)26(28,29)30)16-11-20-25-35-34-24(38(25)10-4-9-37(20)14-16)15-39-21-6-3-2-5-19(21)27/h2-3,5-8,11-14H,4,9-10,15H2,1H3,(H,31,33). The molecule has 5 heterocycles. The molecule has 1 N–H and O–H groups in total. The van der Waals surface area contributed by atoms with Crippen LogP contribution in [0.15, 0.2) is 61.1 Å². The van der Waals surface area contributed by atoms with Crippen LogP contribution in [0.3, 0.4) is 0 Å². The lowest BCUT2D eigenvalue weighted by atomic mass is 10.0. The second-order valence-electron chi connectivity index (χ2n) is 9.05. The minimum absolute atomic E-state index is 0.00683. The summed E-state index contributed by atoms with van der Waals surface area (Å²) >= 11 is 0. The van der Waals surface area contributed by atoms with Crippen LogP contribution in [0, 0.1) is 5.82 Å². The largest absolute Gasteiger partial charge is 0.483 e. The Morgan fingerprint density at radius 2 is 1.92 bits per heavy atom. The molecular formula is C26H22F4N8O. The molecule has 1 aliphatic rings. The number of rotatable bonds is 6. The Bertz CT molecular complexity index is 1650. The summed E-state index contributed by atoms with van der Waals surface area (Å²) in [6.07, 6.45) is 0.174. The van der Waals surface area contributed by atoms with Gasteiger partial charge in [-0.25, -0.2) is 9.37 Å². The van der Waals surface area contributed by atoms with Gasteiger partial charge in [0.25, 0.3) is 0 Å². The Morgan fingerprint density at radius 3 is 2.69 bits per heavy atom. The van der Waals surface area contributed by atoms with Crippen molar-refractivity contribution < 1.29 is 22.3 Å². The number of alkyl halides is 3. The quantitative estimate of drug-likeness (QED) is 0.290. The van der Waals surface area contributed by atoms with E-state index in [2.05, 4.69) is 25.6 Å². The van der Waals surface area contributed by atoms with E-state index >= 15 is 0 Å². The fourth-order valence-electron chi connectivity index (χ4n) is 4.62. The summed E-state index contributed by atoms with van der Waals surface area (Å²) in [4.78, 5) is 3.99. The summed E-state index contributed by atoms with van der Waals surface area (Å²) < 4.78 is 66.9. The molecule has 0 unspecified atom stereocenters. The average molecular weight is 539 g/mol. The molecule has 5 aromatic rings. The molecule has 0 radical (unpaired) electrons. The minimum Gasteiger partial charge on any atom is -0.483 e. The van der Waals surface area contributed by atoms with Gasteiger partial charge in [0, 0.05) is 49.7 Å². The Hall–Kier alpha value is -4.68. The van der Waals surface area contributed by atoms with Gasteiger partial charge in [0.2, 0.25) is 0 Å². The van der Waals surface area contributed by atoms with Crippen LogP contribution >= 0.6 is 0 Å². The molecule has 1 aliphatic heterocycles. The SMILES string of the molecule is Cn1nccc1Nc1cc(-c2cc3n(c2)CCCn2c(COc4ccccc4F)nnc2-3)c(C(F)(F)F)cn1. The molecule has 4 aromatic heterocycles. The first-order valence-electron chi connectivity index (χ1n) is 12.1. The van der Waals surface area contributed by atoms with Crippen LogP contribution in [0.1, 0.15) is 17.8 Å². The molecule has 0 fully saturated rings. The number of fused-ring (bicyclic) bond motifs is 3. The maximum atomic E-state index is 14.0. The van der Waals surface area contributed by atoms with Crippen LogP contribution in [0.5, 0.6) is 5.75 Å². The lowest BCUT2D eigenvalue weighted by Crippen LogP contribution is -2.09. The topological polar surface area (TPSA) is 87.6 Å². The van der Waals surface area contributed by atoms with Crippen LogP contribution in [-0.2, 0) is 32.9 Å². The van der Waals surface area contributed by atoms with Crippen LogP contribution < -0.4 is 10.1 Å². The number of benzene rings is 1. The number of hydrogen-bond donors (Lipinski definition) is 1. The first-order chi connectivity index (χ1) is 18.8. The number of hydrogen-bond acceptors (Lipinski definition) is 6. The smallest absolute Gasteiger partial charge is 0.418 e. The van der Waals surface area contributed by atoms with Gasteiger partial charge in [0.15, 0.2) is 23.2 Å². The van der Waals surface area contributed by atoms with E-state index in [1.807, 2.05) is 9.13 Å². The predicted molar refractivity (Wildman–Crippen MR) is 134 cm³/mol. The van der Waals surface area contributed by atoms with Crippen molar-refractivity contribution in [3.63, 3.8) is 0 Å². The zero-order valence-corrected chi connectivity index (χ0v) is 20.7. The second kappa shape index (κ2) is 9.57. The highest BCUT2D eigenvalue weighted by molar-refractivity contribution is 5.75. The van der Waals surface area contributed by atoms with Crippen LogP contribution in [-0.4, -0.2) is 34.1 Å². The number of ether oxygens (including phenoxy) is 1. The van der Waals surface area contributed by atoms with E-state index in [-0.39, 0.29) is 23.7 Å². The van der Waals surface area contributed by atoms with Gasteiger partial charge in [-0.15, -0.1) is 10.2 Å². The van der Waals surface area contributed by atoms with Crippen molar-refractivity contribution in [1.29, 1.82) is 0 Å². The van der Waals surface area contributed by atoms with Gasteiger partial charge in [0.05, 0.1) is 17.5 Å². The van der Waals surface area contributed by atoms with E-state index in [0.29, 0.717) is 48.2 Å². The summed E-state index contributed by atoms with van der Waals surface area (Å²) in [6.45, 7) is 1.14. The Balaban J connectivity index is 1.36. The van der Waals surface area contributed by atoms with Crippen molar-refractivity contribution in [2.24, 2.45) is 7.05 Å². The van der Waals surface area contributed by atoms with Crippen LogP contribution in [0.25, 0.3) is 22.6 Å². The van der Waals surface area contributed by atoms with Crippen molar-refractivity contribution in [1.82, 2.24) is 34.1 Å². The van der Waals surface area contributed by atoms with Crippen molar-refractivity contribution in [2.75, 3.05) is 5.32 Å². The molecule has 6 rings (SSSR count).